The van der Waals surface area contributed by atoms with E-state index < -0.39 is 36.2 Å². The first kappa shape index (κ1) is 18.0. The predicted molar refractivity (Wildman–Crippen MR) is 69.6 cm³/mol. The van der Waals surface area contributed by atoms with Gasteiger partial charge in [0.05, 0.1) is 17.2 Å². The van der Waals surface area contributed by atoms with Crippen LogP contribution in [0.1, 0.15) is 22.7 Å². The van der Waals surface area contributed by atoms with E-state index in [9.17, 15) is 30.7 Å². The maximum absolute atomic E-state index is 13.4. The SMILES string of the molecule is FC[C@H](c1cc(C(F)(F)F)cc(C(F)(F)F)c1)N1CCNCC1. The molecule has 2 nitrogen and oxygen atoms in total. The monoisotopic (exact) mass is 344 g/mol. The van der Waals surface area contributed by atoms with E-state index >= 15 is 0 Å². The van der Waals surface area contributed by atoms with Gasteiger partial charge in [0.1, 0.15) is 6.67 Å². The summed E-state index contributed by atoms with van der Waals surface area (Å²) < 4.78 is 90.5. The highest BCUT2D eigenvalue weighted by Gasteiger charge is 2.38. The zero-order chi connectivity index (χ0) is 17.3. The third kappa shape index (κ3) is 4.35. The first-order chi connectivity index (χ1) is 10.6. The average Bonchev–Trinajstić information content (AvgIpc) is 2.47. The second-order valence-electron chi connectivity index (χ2n) is 5.30. The predicted octanol–water partition coefficient (Wildman–Crippen LogP) is 3.64. The summed E-state index contributed by atoms with van der Waals surface area (Å²) in [5, 5.41) is 2.99. The Hall–Kier alpha value is -1.35. The summed E-state index contributed by atoms with van der Waals surface area (Å²) >= 11 is 0. The number of benzene rings is 1. The van der Waals surface area contributed by atoms with Crippen LogP contribution in [0.4, 0.5) is 30.7 Å². The Morgan fingerprint density at radius 3 is 1.78 bits per heavy atom. The zero-order valence-electron chi connectivity index (χ0n) is 11.9. The minimum absolute atomic E-state index is 0.0521. The molecule has 0 amide bonds. The van der Waals surface area contributed by atoms with E-state index in [1.54, 1.807) is 4.90 Å². The highest BCUT2D eigenvalue weighted by atomic mass is 19.4. The number of alkyl halides is 7. The fourth-order valence-corrected chi connectivity index (χ4v) is 2.56. The van der Waals surface area contributed by atoms with Gasteiger partial charge in [0.25, 0.3) is 0 Å². The van der Waals surface area contributed by atoms with Crippen molar-refractivity contribution < 1.29 is 30.7 Å². The summed E-state index contributed by atoms with van der Waals surface area (Å²) in [6, 6.07) is 0.125. The highest BCUT2D eigenvalue weighted by molar-refractivity contribution is 5.35. The summed E-state index contributed by atoms with van der Waals surface area (Å²) in [6.45, 7) is 0.653. The van der Waals surface area contributed by atoms with E-state index in [1.807, 2.05) is 0 Å². The molecule has 1 aliphatic heterocycles. The van der Waals surface area contributed by atoms with Crippen molar-refractivity contribution in [1.29, 1.82) is 0 Å². The Bertz CT molecular complexity index is 501. The van der Waals surface area contributed by atoms with Gasteiger partial charge < -0.3 is 5.32 Å². The van der Waals surface area contributed by atoms with Crippen molar-refractivity contribution in [2.24, 2.45) is 0 Å². The van der Waals surface area contributed by atoms with Crippen LogP contribution in [0, 0.1) is 0 Å². The van der Waals surface area contributed by atoms with Gasteiger partial charge in [-0.3, -0.25) is 4.90 Å². The zero-order valence-corrected chi connectivity index (χ0v) is 11.9. The summed E-state index contributed by atoms with van der Waals surface area (Å²) in [5.74, 6) is 0. The van der Waals surface area contributed by atoms with Crippen LogP contribution >= 0.6 is 0 Å². The van der Waals surface area contributed by atoms with Crippen molar-refractivity contribution >= 4 is 0 Å². The van der Waals surface area contributed by atoms with E-state index in [2.05, 4.69) is 5.32 Å². The Morgan fingerprint density at radius 2 is 1.39 bits per heavy atom. The van der Waals surface area contributed by atoms with Gasteiger partial charge in [-0.15, -0.1) is 0 Å². The van der Waals surface area contributed by atoms with Gasteiger partial charge in [-0.25, -0.2) is 4.39 Å². The minimum atomic E-state index is -4.93. The molecule has 9 heteroatoms. The lowest BCUT2D eigenvalue weighted by Crippen LogP contribution is -2.45. The van der Waals surface area contributed by atoms with Crippen LogP contribution in [0.2, 0.25) is 0 Å². The molecule has 1 aromatic rings. The molecular weight excluding hydrogens is 329 g/mol. The van der Waals surface area contributed by atoms with Crippen LogP contribution in [0.5, 0.6) is 0 Å². The molecule has 0 aliphatic carbocycles. The molecule has 1 atom stereocenters. The molecule has 0 bridgehead atoms. The van der Waals surface area contributed by atoms with Crippen LogP contribution in [0.25, 0.3) is 0 Å². The lowest BCUT2D eigenvalue weighted by Gasteiger charge is -2.34. The first-order valence-corrected chi connectivity index (χ1v) is 6.93. The van der Waals surface area contributed by atoms with E-state index in [0.717, 1.165) is 0 Å². The summed E-state index contributed by atoms with van der Waals surface area (Å²) in [7, 11) is 0. The Morgan fingerprint density at radius 1 is 0.913 bits per heavy atom. The second kappa shape index (κ2) is 6.64. The summed E-state index contributed by atoms with van der Waals surface area (Å²) in [6.07, 6.45) is -9.86. The molecule has 0 unspecified atom stereocenters. The second-order valence-corrected chi connectivity index (χ2v) is 5.30. The minimum Gasteiger partial charge on any atom is -0.314 e. The lowest BCUT2D eigenvalue weighted by molar-refractivity contribution is -0.143. The molecule has 1 fully saturated rings. The van der Waals surface area contributed by atoms with Crippen LogP contribution in [-0.2, 0) is 12.4 Å². The van der Waals surface area contributed by atoms with Crippen molar-refractivity contribution in [3.05, 3.63) is 34.9 Å². The standard InChI is InChI=1S/C14H15F7N2/c15-8-12(23-3-1-22-2-4-23)9-5-10(13(16,17)18)7-11(6-9)14(19,20)21/h5-7,12,22H,1-4,8H2/t12-/m1/s1. The molecule has 1 saturated heterocycles. The van der Waals surface area contributed by atoms with Gasteiger partial charge in [0, 0.05) is 26.2 Å². The fourth-order valence-electron chi connectivity index (χ4n) is 2.56. The van der Waals surface area contributed by atoms with Gasteiger partial charge in [-0.1, -0.05) is 0 Å². The maximum Gasteiger partial charge on any atom is 0.416 e. The molecule has 1 heterocycles. The fraction of sp³-hybridized carbons (Fsp3) is 0.571. The third-order valence-corrected chi connectivity index (χ3v) is 3.73. The number of halogens is 7. The lowest BCUT2D eigenvalue weighted by atomic mass is 9.98. The Balaban J connectivity index is 2.46. The smallest absolute Gasteiger partial charge is 0.314 e. The van der Waals surface area contributed by atoms with E-state index in [-0.39, 0.29) is 11.6 Å². The van der Waals surface area contributed by atoms with E-state index in [1.165, 1.54) is 0 Å². The molecule has 0 saturated carbocycles. The van der Waals surface area contributed by atoms with Crippen molar-refractivity contribution in [3.63, 3.8) is 0 Å². The number of piperazine rings is 1. The Kier molecular flexibility index (Phi) is 5.20. The van der Waals surface area contributed by atoms with Gasteiger partial charge in [-0.05, 0) is 23.8 Å². The maximum atomic E-state index is 13.4. The average molecular weight is 344 g/mol. The molecular formula is C14H15F7N2. The molecule has 0 radical (unpaired) electrons. The molecule has 23 heavy (non-hydrogen) atoms. The van der Waals surface area contributed by atoms with Crippen LogP contribution < -0.4 is 5.32 Å². The Labute approximate surface area is 128 Å². The summed E-state index contributed by atoms with van der Waals surface area (Å²) in [5.41, 5.74) is -3.15. The number of nitrogens with one attached hydrogen (secondary N) is 1. The van der Waals surface area contributed by atoms with Gasteiger partial charge in [0.15, 0.2) is 0 Å². The quantitative estimate of drug-likeness (QED) is 0.843. The molecule has 1 N–H and O–H groups in total. The largest absolute Gasteiger partial charge is 0.416 e. The van der Waals surface area contributed by atoms with Crippen LogP contribution in [0.3, 0.4) is 0 Å². The molecule has 0 aromatic heterocycles. The van der Waals surface area contributed by atoms with Crippen molar-refractivity contribution in [2.75, 3.05) is 32.9 Å². The number of hydrogen-bond donors (Lipinski definition) is 1. The van der Waals surface area contributed by atoms with E-state index in [0.29, 0.717) is 38.3 Å². The topological polar surface area (TPSA) is 15.3 Å². The van der Waals surface area contributed by atoms with Gasteiger partial charge in [-0.2, -0.15) is 26.3 Å². The van der Waals surface area contributed by atoms with Crippen molar-refractivity contribution in [1.82, 2.24) is 10.2 Å². The molecule has 2 rings (SSSR count). The van der Waals surface area contributed by atoms with Crippen molar-refractivity contribution in [2.45, 2.75) is 18.4 Å². The first-order valence-electron chi connectivity index (χ1n) is 6.93. The molecule has 0 spiro atoms. The highest BCUT2D eigenvalue weighted by Crippen LogP contribution is 2.38. The molecule has 1 aromatic carbocycles. The number of rotatable bonds is 3. The number of nitrogens with zero attached hydrogens (tertiary/aromatic N) is 1. The van der Waals surface area contributed by atoms with Crippen LogP contribution in [0.15, 0.2) is 18.2 Å². The summed E-state index contributed by atoms with van der Waals surface area (Å²) in [4.78, 5) is 1.55. The normalized spacial score (nSPS) is 18.9. The number of hydrogen-bond acceptors (Lipinski definition) is 2. The van der Waals surface area contributed by atoms with Gasteiger partial charge >= 0.3 is 12.4 Å². The van der Waals surface area contributed by atoms with Gasteiger partial charge in [0.2, 0.25) is 0 Å². The molecule has 130 valence electrons. The van der Waals surface area contributed by atoms with Crippen molar-refractivity contribution in [3.8, 4) is 0 Å². The van der Waals surface area contributed by atoms with E-state index in [4.69, 9.17) is 0 Å². The molecule has 1 aliphatic rings. The third-order valence-electron chi connectivity index (χ3n) is 3.73. The van der Waals surface area contributed by atoms with Crippen LogP contribution in [-0.4, -0.2) is 37.8 Å².